The molecule has 1 heterocycles. The Morgan fingerprint density at radius 1 is 1.25 bits per heavy atom. The second-order valence-corrected chi connectivity index (χ2v) is 5.20. The van der Waals surface area contributed by atoms with Crippen LogP contribution in [0.1, 0.15) is 12.0 Å². The lowest BCUT2D eigenvalue weighted by Gasteiger charge is -2.23. The summed E-state index contributed by atoms with van der Waals surface area (Å²) in [4.78, 5) is 2.25. The van der Waals surface area contributed by atoms with Gasteiger partial charge in [0, 0.05) is 31.1 Å². The lowest BCUT2D eigenvalue weighted by atomic mass is 10.1. The van der Waals surface area contributed by atoms with E-state index in [0.717, 1.165) is 30.1 Å². The summed E-state index contributed by atoms with van der Waals surface area (Å²) >= 11 is 1.97. The highest BCUT2D eigenvalue weighted by Crippen LogP contribution is 2.21. The van der Waals surface area contributed by atoms with Crippen LogP contribution in [0.25, 0.3) is 0 Å². The Labute approximate surface area is 100 Å². The summed E-state index contributed by atoms with van der Waals surface area (Å²) in [5, 5.41) is 0. The molecule has 0 aliphatic carbocycles. The predicted molar refractivity (Wildman–Crippen MR) is 68.4 cm³/mol. The van der Waals surface area contributed by atoms with Crippen molar-refractivity contribution in [1.29, 1.82) is 0 Å². The lowest BCUT2D eigenvalue weighted by molar-refractivity contribution is 0.624. The molecule has 1 saturated heterocycles. The van der Waals surface area contributed by atoms with Crippen molar-refractivity contribution < 1.29 is 4.39 Å². The normalized spacial score (nSPS) is 17.2. The molecule has 2 nitrogen and oxygen atoms in total. The van der Waals surface area contributed by atoms with Gasteiger partial charge in [0.1, 0.15) is 5.82 Å². The average Bonchev–Trinajstić information content (AvgIpc) is 2.56. The molecule has 1 aliphatic rings. The fourth-order valence-electron chi connectivity index (χ4n) is 1.94. The van der Waals surface area contributed by atoms with Crippen LogP contribution in [0.15, 0.2) is 18.2 Å². The van der Waals surface area contributed by atoms with Gasteiger partial charge >= 0.3 is 0 Å². The van der Waals surface area contributed by atoms with Crippen LogP contribution in [-0.2, 0) is 6.54 Å². The summed E-state index contributed by atoms with van der Waals surface area (Å²) in [5.74, 6) is 2.14. The first-order chi connectivity index (χ1) is 7.79. The van der Waals surface area contributed by atoms with Crippen molar-refractivity contribution in [3.8, 4) is 0 Å². The molecule has 0 amide bonds. The van der Waals surface area contributed by atoms with E-state index in [4.69, 9.17) is 5.73 Å². The van der Waals surface area contributed by atoms with Crippen LogP contribution in [0.2, 0.25) is 0 Å². The molecule has 2 rings (SSSR count). The van der Waals surface area contributed by atoms with E-state index in [1.807, 2.05) is 17.8 Å². The number of hydrogen-bond acceptors (Lipinski definition) is 3. The van der Waals surface area contributed by atoms with Crippen LogP contribution in [0.4, 0.5) is 10.1 Å². The van der Waals surface area contributed by atoms with Gasteiger partial charge in [-0.25, -0.2) is 4.39 Å². The fraction of sp³-hybridized carbons (Fsp3) is 0.500. The molecule has 1 fully saturated rings. The van der Waals surface area contributed by atoms with E-state index in [1.165, 1.54) is 18.2 Å². The van der Waals surface area contributed by atoms with Crippen molar-refractivity contribution >= 4 is 17.4 Å². The average molecular weight is 240 g/mol. The van der Waals surface area contributed by atoms with Gasteiger partial charge < -0.3 is 10.6 Å². The van der Waals surface area contributed by atoms with Crippen LogP contribution in [0, 0.1) is 5.82 Å². The highest BCUT2D eigenvalue weighted by Gasteiger charge is 2.11. The number of halogens is 1. The van der Waals surface area contributed by atoms with Crippen molar-refractivity contribution in [3.63, 3.8) is 0 Å². The van der Waals surface area contributed by atoms with Crippen molar-refractivity contribution in [1.82, 2.24) is 0 Å². The Balaban J connectivity index is 2.20. The minimum atomic E-state index is -0.185. The Kier molecular flexibility index (Phi) is 4.07. The molecule has 0 atom stereocenters. The number of anilines is 1. The zero-order valence-electron chi connectivity index (χ0n) is 9.29. The van der Waals surface area contributed by atoms with E-state index in [0.29, 0.717) is 6.54 Å². The first kappa shape index (κ1) is 11.7. The van der Waals surface area contributed by atoms with Gasteiger partial charge in [0.2, 0.25) is 0 Å². The van der Waals surface area contributed by atoms with Crippen LogP contribution in [0.5, 0.6) is 0 Å². The van der Waals surface area contributed by atoms with E-state index in [1.54, 1.807) is 6.07 Å². The van der Waals surface area contributed by atoms with Gasteiger partial charge in [-0.2, -0.15) is 11.8 Å². The third-order valence-electron chi connectivity index (χ3n) is 2.77. The van der Waals surface area contributed by atoms with Crippen molar-refractivity contribution in [2.24, 2.45) is 5.73 Å². The molecule has 1 aromatic rings. The number of thioether (sulfide) groups is 1. The minimum Gasteiger partial charge on any atom is -0.371 e. The third-order valence-corrected chi connectivity index (χ3v) is 3.81. The maximum atomic E-state index is 13.4. The topological polar surface area (TPSA) is 29.3 Å². The lowest BCUT2D eigenvalue weighted by Crippen LogP contribution is -2.25. The number of nitrogens with zero attached hydrogens (tertiary/aromatic N) is 1. The van der Waals surface area contributed by atoms with Crippen molar-refractivity contribution in [3.05, 3.63) is 29.6 Å². The standard InChI is InChI=1S/C12H17FN2S/c13-11-6-10(9-14)7-12(8-11)15-2-1-4-16-5-3-15/h6-8H,1-5,9,14H2. The van der Waals surface area contributed by atoms with Gasteiger partial charge in [0.15, 0.2) is 0 Å². The largest absolute Gasteiger partial charge is 0.371 e. The van der Waals surface area contributed by atoms with Gasteiger partial charge in [-0.3, -0.25) is 0 Å². The Morgan fingerprint density at radius 2 is 2.12 bits per heavy atom. The molecule has 0 saturated carbocycles. The Bertz CT molecular complexity index is 349. The molecule has 0 aromatic heterocycles. The fourth-order valence-corrected chi connectivity index (χ4v) is 2.82. The molecule has 0 spiro atoms. The number of benzene rings is 1. The second-order valence-electron chi connectivity index (χ2n) is 3.97. The van der Waals surface area contributed by atoms with Gasteiger partial charge in [0.25, 0.3) is 0 Å². The maximum Gasteiger partial charge on any atom is 0.125 e. The highest BCUT2D eigenvalue weighted by molar-refractivity contribution is 7.99. The summed E-state index contributed by atoms with van der Waals surface area (Å²) in [5.41, 5.74) is 7.40. The van der Waals surface area contributed by atoms with Gasteiger partial charge in [-0.1, -0.05) is 0 Å². The monoisotopic (exact) mass is 240 g/mol. The number of nitrogens with two attached hydrogens (primary N) is 1. The molecule has 0 bridgehead atoms. The first-order valence-electron chi connectivity index (χ1n) is 5.62. The summed E-state index contributed by atoms with van der Waals surface area (Å²) in [6, 6.07) is 5.12. The second kappa shape index (κ2) is 5.55. The maximum absolute atomic E-state index is 13.4. The molecule has 16 heavy (non-hydrogen) atoms. The zero-order valence-corrected chi connectivity index (χ0v) is 10.1. The molecule has 4 heteroatoms. The Morgan fingerprint density at radius 3 is 2.94 bits per heavy atom. The molecule has 2 N–H and O–H groups in total. The molecule has 0 radical (unpaired) electrons. The quantitative estimate of drug-likeness (QED) is 0.859. The number of hydrogen-bond donors (Lipinski definition) is 1. The van der Waals surface area contributed by atoms with E-state index < -0.39 is 0 Å². The molecule has 0 unspecified atom stereocenters. The SMILES string of the molecule is NCc1cc(F)cc(N2CCCSCC2)c1. The van der Waals surface area contributed by atoms with Gasteiger partial charge in [0.05, 0.1) is 0 Å². The third kappa shape index (κ3) is 2.89. The van der Waals surface area contributed by atoms with Gasteiger partial charge in [-0.15, -0.1) is 0 Å². The van der Waals surface area contributed by atoms with E-state index in [9.17, 15) is 4.39 Å². The first-order valence-corrected chi connectivity index (χ1v) is 6.77. The van der Waals surface area contributed by atoms with E-state index in [2.05, 4.69) is 4.90 Å². The molecular weight excluding hydrogens is 223 g/mol. The van der Waals surface area contributed by atoms with Crippen molar-refractivity contribution in [2.45, 2.75) is 13.0 Å². The summed E-state index contributed by atoms with van der Waals surface area (Å²) in [6.07, 6.45) is 1.17. The van der Waals surface area contributed by atoms with Crippen LogP contribution >= 0.6 is 11.8 Å². The zero-order chi connectivity index (χ0) is 11.4. The van der Waals surface area contributed by atoms with Crippen molar-refractivity contribution in [2.75, 3.05) is 29.5 Å². The molecular formula is C12H17FN2S. The van der Waals surface area contributed by atoms with E-state index in [-0.39, 0.29) is 5.82 Å². The summed E-state index contributed by atoms with van der Waals surface area (Å²) in [6.45, 7) is 2.41. The van der Waals surface area contributed by atoms with Crippen LogP contribution in [-0.4, -0.2) is 24.6 Å². The molecule has 1 aromatic carbocycles. The minimum absolute atomic E-state index is 0.185. The van der Waals surface area contributed by atoms with E-state index >= 15 is 0 Å². The predicted octanol–water partition coefficient (Wildman–Crippen LogP) is 2.23. The Hall–Kier alpha value is -0.740. The van der Waals surface area contributed by atoms with Crippen LogP contribution < -0.4 is 10.6 Å². The number of rotatable bonds is 2. The van der Waals surface area contributed by atoms with Gasteiger partial charge in [-0.05, 0) is 35.9 Å². The van der Waals surface area contributed by atoms with Crippen LogP contribution in [0.3, 0.4) is 0 Å². The molecule has 88 valence electrons. The summed E-state index contributed by atoms with van der Waals surface area (Å²) < 4.78 is 13.4. The summed E-state index contributed by atoms with van der Waals surface area (Å²) in [7, 11) is 0. The molecule has 1 aliphatic heterocycles. The smallest absolute Gasteiger partial charge is 0.125 e. The highest BCUT2D eigenvalue weighted by atomic mass is 32.2.